The predicted octanol–water partition coefficient (Wildman–Crippen LogP) is 3.81. The van der Waals surface area contributed by atoms with E-state index in [9.17, 15) is 13.6 Å². The van der Waals surface area contributed by atoms with Crippen molar-refractivity contribution in [1.82, 2.24) is 20.0 Å². The summed E-state index contributed by atoms with van der Waals surface area (Å²) >= 11 is 0.861. The molecule has 3 aromatic heterocycles. The summed E-state index contributed by atoms with van der Waals surface area (Å²) in [7, 11) is 0. The standard InChI is InChI=1S/C20H18N4O3S3/c1-12-21-10-15(28-12)11-23-20(25)16-7-6-14(9-22-16)19(24-30(26)27)18-8-13-4-2-3-5-17(13)29-18/h2-10,19,24H,11H2,1H3,(H,23,25)(H,26,27). The number of amides is 1. The van der Waals surface area contributed by atoms with Gasteiger partial charge in [-0.1, -0.05) is 24.3 Å². The summed E-state index contributed by atoms with van der Waals surface area (Å²) in [6.45, 7) is 2.31. The van der Waals surface area contributed by atoms with E-state index in [1.165, 1.54) is 11.3 Å². The van der Waals surface area contributed by atoms with E-state index in [0.29, 0.717) is 12.1 Å². The van der Waals surface area contributed by atoms with E-state index in [4.69, 9.17) is 0 Å². The van der Waals surface area contributed by atoms with Crippen molar-refractivity contribution < 1.29 is 13.6 Å². The molecule has 3 heterocycles. The number of thiazole rings is 1. The first kappa shape index (κ1) is 20.8. The fourth-order valence-corrected chi connectivity index (χ4v) is 5.41. The van der Waals surface area contributed by atoms with Crippen molar-refractivity contribution in [2.45, 2.75) is 19.5 Å². The molecular weight excluding hydrogens is 440 g/mol. The number of carbonyl (C=O) groups excluding carboxylic acids is 1. The monoisotopic (exact) mass is 458 g/mol. The van der Waals surface area contributed by atoms with Gasteiger partial charge in [-0.3, -0.25) is 14.3 Å². The Bertz CT molecular complexity index is 1170. The zero-order chi connectivity index (χ0) is 21.1. The molecular formula is C20H18N4O3S3. The largest absolute Gasteiger partial charge is 0.346 e. The third-order valence-electron chi connectivity index (χ3n) is 4.39. The van der Waals surface area contributed by atoms with Gasteiger partial charge in [-0.15, -0.1) is 22.7 Å². The number of nitrogens with zero attached hydrogens (tertiary/aromatic N) is 2. The van der Waals surface area contributed by atoms with Crippen LogP contribution in [0.15, 0.2) is 54.9 Å². The van der Waals surface area contributed by atoms with E-state index >= 15 is 0 Å². The average Bonchev–Trinajstić information content (AvgIpc) is 3.36. The highest BCUT2D eigenvalue weighted by molar-refractivity contribution is 7.77. The van der Waals surface area contributed by atoms with Crippen molar-refractivity contribution in [2.75, 3.05) is 0 Å². The van der Waals surface area contributed by atoms with Crippen LogP contribution in [0.3, 0.4) is 0 Å². The SMILES string of the molecule is Cc1ncc(CNC(=O)c2ccc(C(NS(=O)O)c3cc4ccccc4s3)cn2)s1. The van der Waals surface area contributed by atoms with Gasteiger partial charge in [0.2, 0.25) is 11.3 Å². The molecule has 2 unspecified atom stereocenters. The Kier molecular flexibility index (Phi) is 6.30. The normalized spacial score (nSPS) is 13.3. The van der Waals surface area contributed by atoms with Gasteiger partial charge >= 0.3 is 0 Å². The van der Waals surface area contributed by atoms with Gasteiger partial charge in [-0.2, -0.15) is 0 Å². The maximum atomic E-state index is 12.4. The summed E-state index contributed by atoms with van der Waals surface area (Å²) in [6.07, 6.45) is 3.30. The van der Waals surface area contributed by atoms with Crippen LogP contribution < -0.4 is 10.0 Å². The van der Waals surface area contributed by atoms with E-state index < -0.39 is 17.3 Å². The molecule has 0 spiro atoms. The number of aryl methyl sites for hydroxylation is 1. The minimum absolute atomic E-state index is 0.278. The Morgan fingerprint density at radius 1 is 1.17 bits per heavy atom. The van der Waals surface area contributed by atoms with Crippen molar-refractivity contribution in [2.24, 2.45) is 0 Å². The van der Waals surface area contributed by atoms with E-state index in [1.54, 1.807) is 35.9 Å². The van der Waals surface area contributed by atoms with Crippen LogP contribution in [0.5, 0.6) is 0 Å². The second-order valence-electron chi connectivity index (χ2n) is 6.49. The number of hydrogen-bond acceptors (Lipinski definition) is 6. The van der Waals surface area contributed by atoms with E-state index in [1.807, 2.05) is 37.3 Å². The third kappa shape index (κ3) is 4.79. The molecule has 0 aliphatic rings. The molecule has 3 N–H and O–H groups in total. The van der Waals surface area contributed by atoms with Crippen molar-refractivity contribution >= 4 is 49.9 Å². The van der Waals surface area contributed by atoms with Gasteiger partial charge in [-0.05, 0) is 36.1 Å². The first-order valence-electron chi connectivity index (χ1n) is 9.00. The molecule has 0 aliphatic heterocycles. The maximum absolute atomic E-state index is 12.4. The number of pyridine rings is 1. The van der Waals surface area contributed by atoms with Crippen LogP contribution in [-0.2, 0) is 17.8 Å². The average molecular weight is 459 g/mol. The molecule has 154 valence electrons. The molecule has 4 rings (SSSR count). The van der Waals surface area contributed by atoms with Crippen molar-refractivity contribution in [3.05, 3.63) is 80.9 Å². The number of carbonyl (C=O) groups is 1. The fraction of sp³-hybridized carbons (Fsp3) is 0.150. The quantitative estimate of drug-likeness (QED) is 0.365. The van der Waals surface area contributed by atoms with Crippen LogP contribution in [-0.4, -0.2) is 24.6 Å². The van der Waals surface area contributed by atoms with Crippen LogP contribution in [0.1, 0.15) is 36.9 Å². The molecule has 2 atom stereocenters. The van der Waals surface area contributed by atoms with Gasteiger partial charge in [0.05, 0.1) is 17.6 Å². The van der Waals surface area contributed by atoms with E-state index in [2.05, 4.69) is 20.0 Å². The number of benzene rings is 1. The Labute approximate surface area is 183 Å². The minimum Gasteiger partial charge on any atom is -0.346 e. The third-order valence-corrected chi connectivity index (χ3v) is 6.92. The first-order chi connectivity index (χ1) is 14.5. The zero-order valence-electron chi connectivity index (χ0n) is 15.9. The Hall–Kier alpha value is -2.50. The minimum atomic E-state index is -2.21. The molecule has 0 bridgehead atoms. The lowest BCUT2D eigenvalue weighted by molar-refractivity contribution is 0.0946. The van der Waals surface area contributed by atoms with E-state index in [-0.39, 0.29) is 11.6 Å². The van der Waals surface area contributed by atoms with Crippen LogP contribution >= 0.6 is 22.7 Å². The number of fused-ring (bicyclic) bond motifs is 1. The van der Waals surface area contributed by atoms with Gasteiger partial charge in [0, 0.05) is 26.8 Å². The van der Waals surface area contributed by atoms with Crippen LogP contribution in [0, 0.1) is 6.92 Å². The topological polar surface area (TPSA) is 104 Å². The Morgan fingerprint density at radius 2 is 2.00 bits per heavy atom. The number of hydrogen-bond donors (Lipinski definition) is 3. The maximum Gasteiger partial charge on any atom is 0.270 e. The highest BCUT2D eigenvalue weighted by atomic mass is 32.2. The van der Waals surface area contributed by atoms with Gasteiger partial charge < -0.3 is 5.32 Å². The van der Waals surface area contributed by atoms with Gasteiger partial charge in [-0.25, -0.2) is 13.9 Å². The number of nitrogens with one attached hydrogen (secondary N) is 2. The fourth-order valence-electron chi connectivity index (χ4n) is 2.99. The van der Waals surface area contributed by atoms with Crippen LogP contribution in [0.2, 0.25) is 0 Å². The molecule has 0 fully saturated rings. The molecule has 0 saturated carbocycles. The Balaban J connectivity index is 1.53. The predicted molar refractivity (Wildman–Crippen MR) is 120 cm³/mol. The smallest absolute Gasteiger partial charge is 0.270 e. The second kappa shape index (κ2) is 9.11. The Morgan fingerprint density at radius 3 is 2.67 bits per heavy atom. The highest BCUT2D eigenvalue weighted by Gasteiger charge is 2.20. The molecule has 4 aromatic rings. The van der Waals surface area contributed by atoms with E-state index in [0.717, 1.165) is 24.8 Å². The van der Waals surface area contributed by atoms with Crippen LogP contribution in [0.4, 0.5) is 0 Å². The lowest BCUT2D eigenvalue weighted by Gasteiger charge is -2.15. The molecule has 10 heteroatoms. The van der Waals surface area contributed by atoms with Gasteiger partial charge in [0.15, 0.2) is 0 Å². The van der Waals surface area contributed by atoms with Crippen molar-refractivity contribution in [1.29, 1.82) is 0 Å². The molecule has 30 heavy (non-hydrogen) atoms. The lowest BCUT2D eigenvalue weighted by atomic mass is 10.1. The van der Waals surface area contributed by atoms with Crippen LogP contribution in [0.25, 0.3) is 10.1 Å². The van der Waals surface area contributed by atoms with Gasteiger partial charge in [0.25, 0.3) is 5.91 Å². The highest BCUT2D eigenvalue weighted by Crippen LogP contribution is 2.33. The summed E-state index contributed by atoms with van der Waals surface area (Å²) in [5.74, 6) is -0.287. The van der Waals surface area contributed by atoms with Gasteiger partial charge in [0.1, 0.15) is 5.69 Å². The molecule has 0 saturated heterocycles. The van der Waals surface area contributed by atoms with Crippen molar-refractivity contribution in [3.63, 3.8) is 0 Å². The number of thiophene rings is 1. The number of rotatable bonds is 7. The van der Waals surface area contributed by atoms with Crippen molar-refractivity contribution in [3.8, 4) is 0 Å². The first-order valence-corrected chi connectivity index (χ1v) is 11.7. The summed E-state index contributed by atoms with van der Waals surface area (Å²) in [4.78, 5) is 22.7. The molecule has 1 amide bonds. The summed E-state index contributed by atoms with van der Waals surface area (Å²) in [6, 6.07) is 12.7. The lowest BCUT2D eigenvalue weighted by Crippen LogP contribution is -2.25. The summed E-state index contributed by atoms with van der Waals surface area (Å²) in [5, 5.41) is 4.84. The molecule has 0 radical (unpaired) electrons. The summed E-state index contributed by atoms with van der Waals surface area (Å²) in [5.41, 5.74) is 0.971. The number of aromatic nitrogens is 2. The molecule has 7 nitrogen and oxygen atoms in total. The summed E-state index contributed by atoms with van der Waals surface area (Å²) < 4.78 is 24.7. The molecule has 0 aliphatic carbocycles. The second-order valence-corrected chi connectivity index (χ2v) is 9.66. The zero-order valence-corrected chi connectivity index (χ0v) is 18.3. The molecule has 1 aromatic carbocycles.